The Morgan fingerprint density at radius 2 is 1.91 bits per heavy atom. The maximum atomic E-state index is 11.6. The molecule has 7 heteroatoms. The van der Waals surface area contributed by atoms with E-state index in [0.717, 1.165) is 12.8 Å². The summed E-state index contributed by atoms with van der Waals surface area (Å²) >= 11 is 0. The highest BCUT2D eigenvalue weighted by molar-refractivity contribution is 6.63. The standard InChI is InChI=1S/C15H21BN2O4/c1-14(2)15(3,4)22-16(21-14)10-7-8-18-11(13(17)19)12(10)20-9-5-6-9/h7-9H,5-6H2,1-4H3,(H2,17,19). The third kappa shape index (κ3) is 2.59. The molecule has 3 rings (SSSR count). The lowest BCUT2D eigenvalue weighted by Gasteiger charge is -2.32. The van der Waals surface area contributed by atoms with Crippen molar-refractivity contribution in [2.75, 3.05) is 0 Å². The van der Waals surface area contributed by atoms with Gasteiger partial charge in [-0.25, -0.2) is 4.98 Å². The molecule has 1 saturated heterocycles. The van der Waals surface area contributed by atoms with Crippen molar-refractivity contribution in [2.24, 2.45) is 5.73 Å². The van der Waals surface area contributed by atoms with Gasteiger partial charge in [-0.3, -0.25) is 4.79 Å². The van der Waals surface area contributed by atoms with Gasteiger partial charge in [-0.2, -0.15) is 0 Å². The summed E-state index contributed by atoms with van der Waals surface area (Å²) in [5, 5.41) is 0. The summed E-state index contributed by atoms with van der Waals surface area (Å²) in [4.78, 5) is 15.7. The number of aromatic nitrogens is 1. The number of hydrogen-bond acceptors (Lipinski definition) is 5. The van der Waals surface area contributed by atoms with Crippen molar-refractivity contribution in [2.45, 2.75) is 57.8 Å². The number of pyridine rings is 1. The van der Waals surface area contributed by atoms with Crippen LogP contribution in [0.25, 0.3) is 0 Å². The number of ether oxygens (including phenoxy) is 1. The molecule has 1 aromatic heterocycles. The number of carbonyl (C=O) groups is 1. The maximum absolute atomic E-state index is 11.6. The largest absolute Gasteiger partial charge is 0.498 e. The van der Waals surface area contributed by atoms with Gasteiger partial charge in [0, 0.05) is 11.7 Å². The fourth-order valence-electron chi connectivity index (χ4n) is 2.27. The van der Waals surface area contributed by atoms with Gasteiger partial charge >= 0.3 is 7.12 Å². The van der Waals surface area contributed by atoms with E-state index in [1.54, 1.807) is 6.07 Å². The molecule has 1 aliphatic heterocycles. The van der Waals surface area contributed by atoms with Crippen LogP contribution in [0.5, 0.6) is 5.75 Å². The highest BCUT2D eigenvalue weighted by Crippen LogP contribution is 2.38. The van der Waals surface area contributed by atoms with Gasteiger partial charge in [-0.1, -0.05) is 0 Å². The van der Waals surface area contributed by atoms with E-state index in [2.05, 4.69) is 4.98 Å². The maximum Gasteiger partial charge on any atom is 0.498 e. The third-order valence-corrected chi connectivity index (χ3v) is 4.48. The van der Waals surface area contributed by atoms with Crippen molar-refractivity contribution in [3.8, 4) is 5.75 Å². The van der Waals surface area contributed by atoms with E-state index in [0.29, 0.717) is 11.2 Å². The average molecular weight is 304 g/mol. The predicted octanol–water partition coefficient (Wildman–Crippen LogP) is 1.02. The lowest BCUT2D eigenvalue weighted by Crippen LogP contribution is -2.41. The van der Waals surface area contributed by atoms with Crippen LogP contribution in [0.1, 0.15) is 51.0 Å². The van der Waals surface area contributed by atoms with E-state index in [1.165, 1.54) is 6.20 Å². The molecule has 1 saturated carbocycles. The Morgan fingerprint density at radius 3 is 2.41 bits per heavy atom. The molecule has 0 atom stereocenters. The molecule has 0 aromatic carbocycles. The summed E-state index contributed by atoms with van der Waals surface area (Å²) in [6, 6.07) is 1.76. The van der Waals surface area contributed by atoms with Crippen molar-refractivity contribution in [3.05, 3.63) is 18.0 Å². The molecule has 0 radical (unpaired) electrons. The first-order chi connectivity index (χ1) is 10.2. The van der Waals surface area contributed by atoms with Crippen LogP contribution < -0.4 is 15.9 Å². The fraction of sp³-hybridized carbons (Fsp3) is 0.600. The highest BCUT2D eigenvalue weighted by Gasteiger charge is 2.53. The molecule has 0 bridgehead atoms. The number of rotatable bonds is 4. The van der Waals surface area contributed by atoms with Gasteiger partial charge in [0.05, 0.1) is 17.3 Å². The van der Waals surface area contributed by atoms with Crippen molar-refractivity contribution in [1.29, 1.82) is 0 Å². The van der Waals surface area contributed by atoms with Gasteiger partial charge < -0.3 is 19.8 Å². The number of nitrogens with zero attached hydrogens (tertiary/aromatic N) is 1. The van der Waals surface area contributed by atoms with E-state index < -0.39 is 24.2 Å². The van der Waals surface area contributed by atoms with Crippen LogP contribution in [-0.2, 0) is 9.31 Å². The summed E-state index contributed by atoms with van der Waals surface area (Å²) < 4.78 is 18.0. The molecule has 1 aromatic rings. The molecule has 22 heavy (non-hydrogen) atoms. The van der Waals surface area contributed by atoms with Crippen LogP contribution in [0.2, 0.25) is 0 Å². The van der Waals surface area contributed by atoms with E-state index in [4.69, 9.17) is 19.8 Å². The zero-order chi connectivity index (χ0) is 16.1. The normalized spacial score (nSPS) is 22.6. The van der Waals surface area contributed by atoms with Gasteiger partial charge in [-0.05, 0) is 46.6 Å². The average Bonchev–Trinajstić information content (AvgIpc) is 3.17. The molecule has 0 unspecified atom stereocenters. The van der Waals surface area contributed by atoms with E-state index in [1.807, 2.05) is 27.7 Å². The number of primary amides is 1. The zero-order valence-electron chi connectivity index (χ0n) is 13.4. The highest BCUT2D eigenvalue weighted by atomic mass is 16.7. The van der Waals surface area contributed by atoms with Gasteiger partial charge in [0.2, 0.25) is 0 Å². The van der Waals surface area contributed by atoms with Crippen LogP contribution in [0, 0.1) is 0 Å². The van der Waals surface area contributed by atoms with E-state index in [9.17, 15) is 4.79 Å². The Kier molecular flexibility index (Phi) is 3.45. The Labute approximate surface area is 130 Å². The molecular formula is C15H21BN2O4. The molecule has 2 aliphatic rings. The molecule has 2 heterocycles. The molecular weight excluding hydrogens is 283 g/mol. The monoisotopic (exact) mass is 304 g/mol. The van der Waals surface area contributed by atoms with Crippen LogP contribution in [-0.4, -0.2) is 35.3 Å². The minimum Gasteiger partial charge on any atom is -0.488 e. The SMILES string of the molecule is CC1(C)OB(c2ccnc(C(N)=O)c2OC2CC2)OC1(C)C. The fourth-order valence-corrected chi connectivity index (χ4v) is 2.27. The molecule has 1 aliphatic carbocycles. The number of amides is 1. The summed E-state index contributed by atoms with van der Waals surface area (Å²) in [6.07, 6.45) is 3.58. The van der Waals surface area contributed by atoms with Crippen molar-refractivity contribution in [3.63, 3.8) is 0 Å². The van der Waals surface area contributed by atoms with Crippen LogP contribution in [0.3, 0.4) is 0 Å². The lowest BCUT2D eigenvalue weighted by molar-refractivity contribution is 0.00578. The van der Waals surface area contributed by atoms with Crippen molar-refractivity contribution < 1.29 is 18.8 Å². The van der Waals surface area contributed by atoms with Crippen LogP contribution >= 0.6 is 0 Å². The summed E-state index contributed by atoms with van der Waals surface area (Å²) in [7, 11) is -0.611. The third-order valence-electron chi connectivity index (χ3n) is 4.48. The number of nitrogens with two attached hydrogens (primary N) is 1. The second kappa shape index (κ2) is 4.96. The molecule has 0 spiro atoms. The van der Waals surface area contributed by atoms with Crippen LogP contribution in [0.4, 0.5) is 0 Å². The first kappa shape index (κ1) is 15.3. The van der Waals surface area contributed by atoms with E-state index in [-0.39, 0.29) is 11.8 Å². The molecule has 6 nitrogen and oxygen atoms in total. The quantitative estimate of drug-likeness (QED) is 0.840. The zero-order valence-corrected chi connectivity index (χ0v) is 13.4. The number of carbonyl (C=O) groups excluding carboxylic acids is 1. The molecule has 1 amide bonds. The Hall–Kier alpha value is -1.60. The van der Waals surface area contributed by atoms with Gasteiger partial charge in [-0.15, -0.1) is 0 Å². The second-order valence-electron chi connectivity index (χ2n) is 6.85. The first-order valence-corrected chi connectivity index (χ1v) is 7.52. The van der Waals surface area contributed by atoms with Crippen LogP contribution in [0.15, 0.2) is 12.3 Å². The van der Waals surface area contributed by atoms with Gasteiger partial charge in [0.1, 0.15) is 0 Å². The van der Waals surface area contributed by atoms with Crippen molar-refractivity contribution >= 4 is 18.5 Å². The minimum absolute atomic E-state index is 0.114. The molecule has 2 N–H and O–H groups in total. The van der Waals surface area contributed by atoms with E-state index >= 15 is 0 Å². The van der Waals surface area contributed by atoms with Gasteiger partial charge in [0.25, 0.3) is 5.91 Å². The Bertz CT molecular complexity index is 598. The number of hydrogen-bond donors (Lipinski definition) is 1. The molecule has 118 valence electrons. The smallest absolute Gasteiger partial charge is 0.488 e. The summed E-state index contributed by atoms with van der Waals surface area (Å²) in [5.41, 5.74) is 5.27. The minimum atomic E-state index is -0.617. The Morgan fingerprint density at radius 1 is 1.32 bits per heavy atom. The molecule has 2 fully saturated rings. The second-order valence-corrected chi connectivity index (χ2v) is 6.85. The first-order valence-electron chi connectivity index (χ1n) is 7.52. The summed E-state index contributed by atoms with van der Waals surface area (Å²) in [6.45, 7) is 7.91. The van der Waals surface area contributed by atoms with Gasteiger partial charge in [0.15, 0.2) is 11.4 Å². The summed E-state index contributed by atoms with van der Waals surface area (Å²) in [5.74, 6) is -0.231. The lowest BCUT2D eigenvalue weighted by atomic mass is 9.78. The Balaban J connectivity index is 2.00. The predicted molar refractivity (Wildman–Crippen MR) is 82.1 cm³/mol. The van der Waals surface area contributed by atoms with Crippen molar-refractivity contribution in [1.82, 2.24) is 4.98 Å². The topological polar surface area (TPSA) is 83.7 Å².